The Hall–Kier alpha value is -1.92. The van der Waals surface area contributed by atoms with Crippen molar-refractivity contribution in [3.63, 3.8) is 0 Å². The van der Waals surface area contributed by atoms with Crippen LogP contribution in [0.2, 0.25) is 0 Å². The van der Waals surface area contributed by atoms with Crippen molar-refractivity contribution in [2.75, 3.05) is 39.4 Å². The molecule has 2 heterocycles. The zero-order valence-corrected chi connectivity index (χ0v) is 16.3. The summed E-state index contributed by atoms with van der Waals surface area (Å²) in [5, 5.41) is 0. The van der Waals surface area contributed by atoms with Gasteiger partial charge in [-0.25, -0.2) is 4.39 Å². The number of nitrogens with zero attached hydrogens (tertiary/aromatic N) is 2. The van der Waals surface area contributed by atoms with E-state index in [9.17, 15) is 9.18 Å². The summed E-state index contributed by atoms with van der Waals surface area (Å²) in [4.78, 5) is 16.4. The average molecular weight is 388 g/mol. The Kier molecular flexibility index (Phi) is 6.27. The van der Waals surface area contributed by atoms with Gasteiger partial charge in [0.25, 0.3) is 0 Å². The van der Waals surface area contributed by atoms with Crippen LogP contribution in [-0.4, -0.2) is 67.2 Å². The average Bonchev–Trinajstić information content (AvgIpc) is 2.68. The third kappa shape index (κ3) is 4.73. The Labute approximate surface area is 166 Å². The second kappa shape index (κ2) is 9.05. The molecule has 6 heteroatoms. The van der Waals surface area contributed by atoms with Crippen LogP contribution in [-0.2, 0) is 9.53 Å². The smallest absolute Gasteiger partial charge is 0.246 e. The van der Waals surface area contributed by atoms with Crippen LogP contribution in [0.1, 0.15) is 37.7 Å². The fourth-order valence-electron chi connectivity index (χ4n) is 4.07. The highest BCUT2D eigenvalue weighted by Crippen LogP contribution is 2.29. The van der Waals surface area contributed by atoms with Gasteiger partial charge in [0.2, 0.25) is 5.91 Å². The minimum absolute atomic E-state index is 0.110. The van der Waals surface area contributed by atoms with Gasteiger partial charge in [0.15, 0.2) is 0 Å². The lowest BCUT2D eigenvalue weighted by Gasteiger charge is -2.41. The number of hydrogen-bond acceptors (Lipinski definition) is 4. The van der Waals surface area contributed by atoms with Crippen LogP contribution in [0.15, 0.2) is 24.3 Å². The number of carbonyl (C=O) groups excluding carboxylic acids is 1. The molecule has 152 valence electrons. The number of morpholine rings is 1. The molecule has 2 saturated heterocycles. The zero-order valence-electron chi connectivity index (χ0n) is 16.3. The van der Waals surface area contributed by atoms with E-state index in [1.54, 1.807) is 17.0 Å². The fraction of sp³-hybridized carbons (Fsp3) is 0.591. The van der Waals surface area contributed by atoms with Gasteiger partial charge in [-0.3, -0.25) is 4.79 Å². The van der Waals surface area contributed by atoms with E-state index in [0.29, 0.717) is 37.6 Å². The maximum atomic E-state index is 14.4. The van der Waals surface area contributed by atoms with E-state index < -0.39 is 0 Å². The third-order valence-corrected chi connectivity index (χ3v) is 6.07. The molecular formula is C22H29FN2O3. The fourth-order valence-corrected chi connectivity index (χ4v) is 4.07. The predicted octanol–water partition coefficient (Wildman–Crippen LogP) is 3.09. The quantitative estimate of drug-likeness (QED) is 0.727. The van der Waals surface area contributed by atoms with Crippen LogP contribution in [0.5, 0.6) is 5.75 Å². The summed E-state index contributed by atoms with van der Waals surface area (Å²) in [7, 11) is 0. The van der Waals surface area contributed by atoms with E-state index in [-0.39, 0.29) is 17.8 Å². The zero-order chi connectivity index (χ0) is 19.3. The van der Waals surface area contributed by atoms with Gasteiger partial charge in [0.1, 0.15) is 17.7 Å². The first-order valence-corrected chi connectivity index (χ1v) is 10.4. The summed E-state index contributed by atoms with van der Waals surface area (Å²) < 4.78 is 25.7. The van der Waals surface area contributed by atoms with Gasteiger partial charge in [0.05, 0.1) is 13.2 Å². The molecule has 28 heavy (non-hydrogen) atoms. The van der Waals surface area contributed by atoms with Crippen molar-refractivity contribution in [2.24, 2.45) is 0 Å². The molecule has 5 nitrogen and oxygen atoms in total. The van der Waals surface area contributed by atoms with Crippen molar-refractivity contribution in [3.05, 3.63) is 35.7 Å². The molecule has 0 bridgehead atoms. The van der Waals surface area contributed by atoms with Crippen molar-refractivity contribution in [1.29, 1.82) is 0 Å². The van der Waals surface area contributed by atoms with Gasteiger partial charge in [-0.05, 0) is 43.9 Å². The number of halogens is 1. The normalized spacial score (nSPS) is 22.4. The Morgan fingerprint density at radius 3 is 2.50 bits per heavy atom. The molecule has 0 aromatic heterocycles. The second-order valence-electron chi connectivity index (χ2n) is 7.89. The number of rotatable bonds is 5. The number of hydrogen-bond donors (Lipinski definition) is 0. The van der Waals surface area contributed by atoms with Crippen molar-refractivity contribution < 1.29 is 18.7 Å². The van der Waals surface area contributed by atoms with Crippen LogP contribution in [0, 0.1) is 5.82 Å². The number of likely N-dealkylation sites (tertiary alicyclic amines) is 1. The molecule has 1 saturated carbocycles. The van der Waals surface area contributed by atoms with Crippen LogP contribution in [0.4, 0.5) is 4.39 Å². The molecule has 1 aromatic rings. The topological polar surface area (TPSA) is 42.0 Å². The molecule has 0 N–H and O–H groups in total. The van der Waals surface area contributed by atoms with E-state index in [0.717, 1.165) is 32.0 Å². The molecule has 0 spiro atoms. The van der Waals surface area contributed by atoms with Gasteiger partial charge in [0, 0.05) is 49.9 Å². The molecule has 1 amide bonds. The highest BCUT2D eigenvalue weighted by atomic mass is 19.1. The van der Waals surface area contributed by atoms with Crippen LogP contribution >= 0.6 is 0 Å². The van der Waals surface area contributed by atoms with Crippen LogP contribution in [0.25, 0.3) is 6.08 Å². The van der Waals surface area contributed by atoms with E-state index in [4.69, 9.17) is 9.47 Å². The van der Waals surface area contributed by atoms with E-state index in [1.165, 1.54) is 37.5 Å². The van der Waals surface area contributed by atoms with Crippen molar-refractivity contribution >= 4 is 12.0 Å². The number of benzene rings is 1. The van der Waals surface area contributed by atoms with E-state index in [2.05, 4.69) is 4.90 Å². The van der Waals surface area contributed by atoms with E-state index >= 15 is 0 Å². The van der Waals surface area contributed by atoms with Gasteiger partial charge in [-0.2, -0.15) is 0 Å². The number of amides is 1. The Balaban J connectivity index is 1.29. The van der Waals surface area contributed by atoms with Gasteiger partial charge < -0.3 is 19.3 Å². The molecule has 1 aliphatic carbocycles. The first-order valence-electron chi connectivity index (χ1n) is 10.4. The number of piperidine rings is 1. The molecular weight excluding hydrogens is 359 g/mol. The summed E-state index contributed by atoms with van der Waals surface area (Å²) in [5.41, 5.74) is 0.397. The third-order valence-electron chi connectivity index (χ3n) is 6.07. The minimum Gasteiger partial charge on any atom is -0.490 e. The summed E-state index contributed by atoms with van der Waals surface area (Å²) in [5.74, 6) is 0.0907. The first kappa shape index (κ1) is 19.4. The van der Waals surface area contributed by atoms with Crippen molar-refractivity contribution in [2.45, 2.75) is 44.2 Å². The molecule has 3 aliphatic rings. The summed E-state index contributed by atoms with van der Waals surface area (Å²) in [6.07, 6.45) is 9.13. The minimum atomic E-state index is -0.365. The lowest BCUT2D eigenvalue weighted by atomic mass is 9.90. The molecule has 4 rings (SSSR count). The second-order valence-corrected chi connectivity index (χ2v) is 7.89. The maximum absolute atomic E-state index is 14.4. The SMILES string of the molecule is O=C(C=Cc1ccc(OC2CCN(C3CCC3)CC2)cc1F)N1CCOCC1. The summed E-state index contributed by atoms with van der Waals surface area (Å²) >= 11 is 0. The lowest BCUT2D eigenvalue weighted by molar-refractivity contribution is -0.129. The predicted molar refractivity (Wildman–Crippen MR) is 106 cm³/mol. The van der Waals surface area contributed by atoms with Crippen LogP contribution < -0.4 is 4.74 Å². The highest BCUT2D eigenvalue weighted by Gasteiger charge is 2.29. The van der Waals surface area contributed by atoms with Crippen LogP contribution in [0.3, 0.4) is 0 Å². The Morgan fingerprint density at radius 2 is 1.86 bits per heavy atom. The number of ether oxygens (including phenoxy) is 2. The lowest BCUT2D eigenvalue weighted by Crippen LogP contribution is -2.46. The number of carbonyl (C=O) groups is 1. The molecule has 1 aromatic carbocycles. The first-order chi connectivity index (χ1) is 13.7. The highest BCUT2D eigenvalue weighted by molar-refractivity contribution is 5.91. The van der Waals surface area contributed by atoms with E-state index in [1.807, 2.05) is 0 Å². The maximum Gasteiger partial charge on any atom is 0.246 e. The Morgan fingerprint density at radius 1 is 1.11 bits per heavy atom. The standard InChI is InChI=1S/C22H29FN2O3/c23-21-16-20(28-19-8-10-24(11-9-19)18-2-1-3-18)6-4-17(21)5-7-22(26)25-12-14-27-15-13-25/h4-7,16,18-19H,1-3,8-15H2. The van der Waals surface area contributed by atoms with Crippen molar-refractivity contribution in [1.82, 2.24) is 9.80 Å². The van der Waals surface area contributed by atoms with Crippen molar-refractivity contribution in [3.8, 4) is 5.75 Å². The molecule has 0 atom stereocenters. The largest absolute Gasteiger partial charge is 0.490 e. The molecule has 0 unspecified atom stereocenters. The van der Waals surface area contributed by atoms with Gasteiger partial charge >= 0.3 is 0 Å². The monoisotopic (exact) mass is 388 g/mol. The summed E-state index contributed by atoms with van der Waals surface area (Å²) in [6.45, 7) is 4.42. The molecule has 0 radical (unpaired) electrons. The van der Waals surface area contributed by atoms with Gasteiger partial charge in [-0.15, -0.1) is 0 Å². The molecule has 3 fully saturated rings. The summed E-state index contributed by atoms with van der Waals surface area (Å²) in [6, 6.07) is 5.68. The van der Waals surface area contributed by atoms with Gasteiger partial charge in [-0.1, -0.05) is 6.42 Å². The molecule has 2 aliphatic heterocycles. The Bertz CT molecular complexity index is 706.